The van der Waals surface area contributed by atoms with Crippen molar-refractivity contribution in [1.29, 1.82) is 0 Å². The number of aromatic nitrogens is 1. The molecule has 6 nitrogen and oxygen atoms in total. The lowest BCUT2D eigenvalue weighted by Gasteiger charge is -2.21. The van der Waals surface area contributed by atoms with Crippen LogP contribution in [0.2, 0.25) is 0 Å². The standard InChI is InChI=1S/C20H27FN4O2/c1-3-22-19(24-14-20(2)10-4-12-27-20)23-11-9-17-13-26-18(25-17)15-5-7-16(21)8-6-15/h5-8,13H,3-4,9-12,14H2,1-2H3,(H2,22,23,24). The maximum Gasteiger partial charge on any atom is 0.226 e. The monoisotopic (exact) mass is 374 g/mol. The third-order valence-corrected chi connectivity index (χ3v) is 4.53. The summed E-state index contributed by atoms with van der Waals surface area (Å²) >= 11 is 0. The Morgan fingerprint density at radius 1 is 1.30 bits per heavy atom. The van der Waals surface area contributed by atoms with E-state index in [-0.39, 0.29) is 11.4 Å². The van der Waals surface area contributed by atoms with Crippen LogP contribution in [0.4, 0.5) is 4.39 Å². The van der Waals surface area contributed by atoms with Crippen LogP contribution in [0.1, 0.15) is 32.4 Å². The van der Waals surface area contributed by atoms with Crippen molar-refractivity contribution >= 4 is 5.96 Å². The van der Waals surface area contributed by atoms with Crippen LogP contribution in [0.25, 0.3) is 11.5 Å². The van der Waals surface area contributed by atoms with Crippen LogP contribution in [0.15, 0.2) is 39.9 Å². The SMILES string of the molecule is CCNC(=NCC1(C)CCCO1)NCCc1coc(-c2ccc(F)cc2)n1. The summed E-state index contributed by atoms with van der Waals surface area (Å²) in [5, 5.41) is 6.57. The predicted molar refractivity (Wildman–Crippen MR) is 103 cm³/mol. The van der Waals surface area contributed by atoms with Crippen molar-refractivity contribution in [2.75, 3.05) is 26.2 Å². The molecule has 0 radical (unpaired) electrons. The van der Waals surface area contributed by atoms with E-state index in [1.807, 2.05) is 6.92 Å². The van der Waals surface area contributed by atoms with E-state index >= 15 is 0 Å². The maximum absolute atomic E-state index is 13.0. The minimum Gasteiger partial charge on any atom is -0.444 e. The first kappa shape index (κ1) is 19.4. The second-order valence-electron chi connectivity index (χ2n) is 6.92. The fraction of sp³-hybridized carbons (Fsp3) is 0.500. The molecule has 0 bridgehead atoms. The number of halogens is 1. The number of oxazole rings is 1. The number of rotatable bonds is 7. The summed E-state index contributed by atoms with van der Waals surface area (Å²) in [5.74, 6) is 0.996. The van der Waals surface area contributed by atoms with Crippen LogP contribution in [0, 0.1) is 5.82 Å². The van der Waals surface area contributed by atoms with Crippen molar-refractivity contribution in [3.05, 3.63) is 42.0 Å². The van der Waals surface area contributed by atoms with Gasteiger partial charge in [-0.15, -0.1) is 0 Å². The Labute approximate surface area is 159 Å². The molecule has 27 heavy (non-hydrogen) atoms. The molecule has 2 aromatic rings. The van der Waals surface area contributed by atoms with Gasteiger partial charge in [0, 0.05) is 31.7 Å². The molecule has 0 aliphatic carbocycles. The average molecular weight is 374 g/mol. The molecule has 1 unspecified atom stereocenters. The molecule has 0 saturated carbocycles. The molecule has 1 fully saturated rings. The van der Waals surface area contributed by atoms with Crippen molar-refractivity contribution in [3.8, 4) is 11.5 Å². The second-order valence-corrected chi connectivity index (χ2v) is 6.92. The number of guanidine groups is 1. The van der Waals surface area contributed by atoms with Crippen molar-refractivity contribution in [2.45, 2.75) is 38.7 Å². The summed E-state index contributed by atoms with van der Waals surface area (Å²) in [5.41, 5.74) is 1.44. The average Bonchev–Trinajstić information content (AvgIpc) is 3.30. The minimum atomic E-state index is -0.276. The quantitative estimate of drug-likeness (QED) is 0.575. The zero-order chi connectivity index (χ0) is 19.1. The fourth-order valence-corrected chi connectivity index (χ4v) is 3.01. The Morgan fingerprint density at radius 2 is 2.11 bits per heavy atom. The second kappa shape index (κ2) is 8.99. The first-order chi connectivity index (χ1) is 13.1. The number of nitrogens with one attached hydrogen (secondary N) is 2. The van der Waals surface area contributed by atoms with Crippen molar-refractivity contribution < 1.29 is 13.5 Å². The van der Waals surface area contributed by atoms with E-state index in [4.69, 9.17) is 9.15 Å². The number of aliphatic imine (C=N–C) groups is 1. The molecule has 2 heterocycles. The summed E-state index contributed by atoms with van der Waals surface area (Å²) < 4.78 is 24.3. The largest absolute Gasteiger partial charge is 0.444 e. The fourth-order valence-electron chi connectivity index (χ4n) is 3.01. The van der Waals surface area contributed by atoms with Gasteiger partial charge in [-0.05, 0) is 51.0 Å². The highest BCUT2D eigenvalue weighted by Crippen LogP contribution is 2.25. The Balaban J connectivity index is 1.52. The van der Waals surface area contributed by atoms with Gasteiger partial charge >= 0.3 is 0 Å². The van der Waals surface area contributed by atoms with Crippen LogP contribution in [-0.2, 0) is 11.2 Å². The molecule has 0 amide bonds. The zero-order valence-corrected chi connectivity index (χ0v) is 15.9. The van der Waals surface area contributed by atoms with Crippen LogP contribution >= 0.6 is 0 Å². The number of hydrogen-bond acceptors (Lipinski definition) is 4. The van der Waals surface area contributed by atoms with Gasteiger partial charge in [0.05, 0.1) is 17.8 Å². The molecule has 2 N–H and O–H groups in total. The van der Waals surface area contributed by atoms with Gasteiger partial charge in [-0.25, -0.2) is 9.37 Å². The predicted octanol–water partition coefficient (Wildman–Crippen LogP) is 3.15. The third-order valence-electron chi connectivity index (χ3n) is 4.53. The van der Waals surface area contributed by atoms with Crippen LogP contribution in [-0.4, -0.2) is 42.8 Å². The summed E-state index contributed by atoms with van der Waals surface area (Å²) in [7, 11) is 0. The van der Waals surface area contributed by atoms with Crippen molar-refractivity contribution in [3.63, 3.8) is 0 Å². The molecule has 1 aliphatic rings. The number of benzene rings is 1. The molecular formula is C20H27FN4O2. The van der Waals surface area contributed by atoms with E-state index in [2.05, 4.69) is 27.5 Å². The van der Waals surface area contributed by atoms with Crippen LogP contribution in [0.3, 0.4) is 0 Å². The molecular weight excluding hydrogens is 347 g/mol. The van der Waals surface area contributed by atoms with E-state index in [0.717, 1.165) is 43.2 Å². The van der Waals surface area contributed by atoms with Crippen LogP contribution in [0.5, 0.6) is 0 Å². The molecule has 7 heteroatoms. The lowest BCUT2D eigenvalue weighted by molar-refractivity contribution is 0.0283. The van der Waals surface area contributed by atoms with Crippen molar-refractivity contribution in [2.24, 2.45) is 4.99 Å². The van der Waals surface area contributed by atoms with Crippen LogP contribution < -0.4 is 10.6 Å². The Bertz CT molecular complexity index is 752. The molecule has 1 atom stereocenters. The van der Waals surface area contributed by atoms with E-state index in [0.29, 0.717) is 25.4 Å². The van der Waals surface area contributed by atoms with Gasteiger partial charge in [0.1, 0.15) is 12.1 Å². The number of ether oxygens (including phenoxy) is 1. The highest BCUT2D eigenvalue weighted by molar-refractivity contribution is 5.79. The Hall–Kier alpha value is -2.41. The molecule has 1 aromatic carbocycles. The normalized spacial score (nSPS) is 20.0. The molecule has 0 spiro atoms. The number of hydrogen-bond donors (Lipinski definition) is 2. The lowest BCUT2D eigenvalue weighted by Crippen LogP contribution is -2.40. The Morgan fingerprint density at radius 3 is 2.81 bits per heavy atom. The van der Waals surface area contributed by atoms with E-state index in [9.17, 15) is 4.39 Å². The van der Waals surface area contributed by atoms with Gasteiger partial charge in [-0.3, -0.25) is 4.99 Å². The summed E-state index contributed by atoms with van der Waals surface area (Å²) in [6.07, 6.45) is 4.47. The zero-order valence-electron chi connectivity index (χ0n) is 15.9. The van der Waals surface area contributed by atoms with Gasteiger partial charge in [-0.2, -0.15) is 0 Å². The first-order valence-electron chi connectivity index (χ1n) is 9.44. The molecule has 3 rings (SSSR count). The molecule has 1 aromatic heterocycles. The van der Waals surface area contributed by atoms with E-state index in [1.165, 1.54) is 12.1 Å². The van der Waals surface area contributed by atoms with Gasteiger partial charge in [0.2, 0.25) is 5.89 Å². The molecule has 146 valence electrons. The molecule has 1 saturated heterocycles. The minimum absolute atomic E-state index is 0.154. The van der Waals surface area contributed by atoms with E-state index in [1.54, 1.807) is 18.4 Å². The van der Waals surface area contributed by atoms with E-state index < -0.39 is 0 Å². The molecule has 1 aliphatic heterocycles. The lowest BCUT2D eigenvalue weighted by atomic mass is 10.0. The van der Waals surface area contributed by atoms with Crippen molar-refractivity contribution in [1.82, 2.24) is 15.6 Å². The Kier molecular flexibility index (Phi) is 6.45. The van der Waals surface area contributed by atoms with Gasteiger partial charge in [0.15, 0.2) is 5.96 Å². The third kappa shape index (κ3) is 5.53. The van der Waals surface area contributed by atoms with Gasteiger partial charge < -0.3 is 19.8 Å². The summed E-state index contributed by atoms with van der Waals surface area (Å²) in [4.78, 5) is 9.11. The number of nitrogens with zero attached hydrogens (tertiary/aromatic N) is 2. The summed E-state index contributed by atoms with van der Waals surface area (Å²) in [6.45, 7) is 7.08. The highest BCUT2D eigenvalue weighted by Gasteiger charge is 2.29. The maximum atomic E-state index is 13.0. The van der Waals surface area contributed by atoms with Gasteiger partial charge in [0.25, 0.3) is 0 Å². The topological polar surface area (TPSA) is 71.7 Å². The highest BCUT2D eigenvalue weighted by atomic mass is 19.1. The first-order valence-corrected chi connectivity index (χ1v) is 9.44. The summed E-state index contributed by atoms with van der Waals surface area (Å²) in [6, 6.07) is 6.11. The smallest absolute Gasteiger partial charge is 0.226 e. The van der Waals surface area contributed by atoms with Gasteiger partial charge in [-0.1, -0.05) is 0 Å².